The molecule has 24 heavy (non-hydrogen) atoms. The van der Waals surface area contributed by atoms with Crippen LogP contribution in [0.2, 0.25) is 19.6 Å². The summed E-state index contributed by atoms with van der Waals surface area (Å²) in [5.41, 5.74) is 0.500. The van der Waals surface area contributed by atoms with E-state index in [-0.39, 0.29) is 11.9 Å². The normalized spacial score (nSPS) is 11.0. The van der Waals surface area contributed by atoms with Gasteiger partial charge < -0.3 is 4.74 Å². The average Bonchev–Trinajstić information content (AvgIpc) is 2.56. The molecule has 132 valence electrons. The van der Waals surface area contributed by atoms with Crippen molar-refractivity contribution < 1.29 is 19.1 Å². The van der Waals surface area contributed by atoms with Crippen LogP contribution in [0.3, 0.4) is 0 Å². The molecule has 1 rings (SSSR count). The van der Waals surface area contributed by atoms with Gasteiger partial charge in [0.2, 0.25) is 6.41 Å². The van der Waals surface area contributed by atoms with Crippen molar-refractivity contribution in [2.45, 2.75) is 45.3 Å². The molecule has 0 saturated heterocycles. The molecule has 5 nitrogen and oxygen atoms in total. The minimum atomic E-state index is -1.37. The van der Waals surface area contributed by atoms with Crippen LogP contribution in [0, 0.1) is 0 Å². The van der Waals surface area contributed by atoms with Crippen molar-refractivity contribution in [1.82, 2.24) is 4.90 Å². The third-order valence-corrected chi connectivity index (χ3v) is 4.37. The van der Waals surface area contributed by atoms with Crippen LogP contribution in [0.4, 0.5) is 0 Å². The summed E-state index contributed by atoms with van der Waals surface area (Å²) >= 11 is 0. The van der Waals surface area contributed by atoms with E-state index in [9.17, 15) is 14.4 Å². The van der Waals surface area contributed by atoms with Gasteiger partial charge in [-0.3, -0.25) is 19.3 Å². The number of esters is 1. The van der Waals surface area contributed by atoms with Gasteiger partial charge >= 0.3 is 5.97 Å². The van der Waals surface area contributed by atoms with Gasteiger partial charge in [0, 0.05) is 18.5 Å². The van der Waals surface area contributed by atoms with Crippen LogP contribution >= 0.6 is 0 Å². The maximum absolute atomic E-state index is 12.2. The fourth-order valence-electron chi connectivity index (χ4n) is 2.05. The van der Waals surface area contributed by atoms with Gasteiger partial charge in [-0.25, -0.2) is 0 Å². The summed E-state index contributed by atoms with van der Waals surface area (Å²) in [6.07, 6.45) is 3.66. The molecule has 0 aromatic heterocycles. The topological polar surface area (TPSA) is 63.7 Å². The van der Waals surface area contributed by atoms with Crippen molar-refractivity contribution in [2.75, 3.05) is 12.8 Å². The molecule has 0 N–H and O–H groups in total. The zero-order chi connectivity index (χ0) is 18.0. The molecule has 1 aromatic carbocycles. The van der Waals surface area contributed by atoms with Gasteiger partial charge in [0.25, 0.3) is 5.91 Å². The molecular weight excluding hydrogens is 322 g/mol. The number of rotatable bonds is 10. The van der Waals surface area contributed by atoms with Gasteiger partial charge in [-0.1, -0.05) is 44.3 Å². The number of carbonyl (C=O) groups is 3. The van der Waals surface area contributed by atoms with Gasteiger partial charge in [-0.05, 0) is 25.0 Å². The standard InChI is InChI=1S/C18H27NO4Si/c1-24(2,3)15-23-17(21)12-8-5-9-13-19(14-20)18(22)16-10-6-4-7-11-16/h4,6-7,10-11,14H,5,8-9,12-13,15H2,1-3H3. The lowest BCUT2D eigenvalue weighted by molar-refractivity contribution is -0.142. The Morgan fingerprint density at radius 3 is 2.33 bits per heavy atom. The molecule has 0 saturated carbocycles. The minimum Gasteiger partial charge on any atom is -0.469 e. The molecule has 0 radical (unpaired) electrons. The molecule has 0 aliphatic carbocycles. The van der Waals surface area contributed by atoms with Crippen LogP contribution in [0.1, 0.15) is 36.0 Å². The van der Waals surface area contributed by atoms with Crippen LogP contribution < -0.4 is 0 Å². The Morgan fingerprint density at radius 1 is 1.08 bits per heavy atom. The lowest BCUT2D eigenvalue weighted by Gasteiger charge is -2.16. The Bertz CT molecular complexity index is 540. The first-order chi connectivity index (χ1) is 11.3. The summed E-state index contributed by atoms with van der Waals surface area (Å²) < 4.78 is 5.25. The highest BCUT2D eigenvalue weighted by Crippen LogP contribution is 2.08. The second-order valence-corrected chi connectivity index (χ2v) is 12.4. The molecular formula is C18H27NO4Si. The second kappa shape index (κ2) is 10.0. The Kier molecular flexibility index (Phi) is 8.39. The van der Waals surface area contributed by atoms with Crippen molar-refractivity contribution in [3.8, 4) is 0 Å². The SMILES string of the molecule is C[Si](C)(C)COC(=O)CCCCCN(C=O)C(=O)c1ccccc1. The first-order valence-corrected chi connectivity index (χ1v) is 12.0. The minimum absolute atomic E-state index is 0.162. The zero-order valence-corrected chi connectivity index (χ0v) is 15.8. The molecule has 6 heteroatoms. The molecule has 0 unspecified atom stereocenters. The van der Waals surface area contributed by atoms with Crippen molar-refractivity contribution in [2.24, 2.45) is 0 Å². The van der Waals surface area contributed by atoms with Gasteiger partial charge in [-0.2, -0.15) is 0 Å². The summed E-state index contributed by atoms with van der Waals surface area (Å²) in [7, 11) is -1.37. The van der Waals surface area contributed by atoms with Crippen LogP contribution in [0.15, 0.2) is 30.3 Å². The number of hydrogen-bond acceptors (Lipinski definition) is 4. The maximum atomic E-state index is 12.2. The quantitative estimate of drug-likeness (QED) is 0.281. The molecule has 0 fully saturated rings. The number of nitrogens with zero attached hydrogens (tertiary/aromatic N) is 1. The molecule has 0 aliphatic rings. The van der Waals surface area contributed by atoms with Crippen molar-refractivity contribution >= 4 is 26.4 Å². The van der Waals surface area contributed by atoms with Crippen LogP contribution in [0.25, 0.3) is 0 Å². The number of benzene rings is 1. The third kappa shape index (κ3) is 8.06. The summed E-state index contributed by atoms with van der Waals surface area (Å²) in [5.74, 6) is -0.454. The molecule has 0 aliphatic heterocycles. The van der Waals surface area contributed by atoms with E-state index in [1.54, 1.807) is 24.3 Å². The van der Waals surface area contributed by atoms with E-state index < -0.39 is 8.07 Å². The van der Waals surface area contributed by atoms with Crippen LogP contribution in [0.5, 0.6) is 0 Å². The van der Waals surface area contributed by atoms with Crippen LogP contribution in [-0.4, -0.2) is 44.0 Å². The average molecular weight is 350 g/mol. The number of imide groups is 1. The number of unbranched alkanes of at least 4 members (excludes halogenated alkanes) is 2. The van der Waals surface area contributed by atoms with Crippen LogP contribution in [-0.2, 0) is 14.3 Å². The Morgan fingerprint density at radius 2 is 1.75 bits per heavy atom. The summed E-state index contributed by atoms with van der Waals surface area (Å²) in [5, 5.41) is 0. The molecule has 0 atom stereocenters. The molecule has 1 aromatic rings. The predicted molar refractivity (Wildman–Crippen MR) is 96.3 cm³/mol. The Labute approximate surface area is 145 Å². The van der Waals surface area contributed by atoms with Crippen molar-refractivity contribution in [1.29, 1.82) is 0 Å². The lowest BCUT2D eigenvalue weighted by Crippen LogP contribution is -2.30. The molecule has 2 amide bonds. The van der Waals surface area contributed by atoms with Gasteiger partial charge in [0.05, 0.1) is 14.3 Å². The van der Waals surface area contributed by atoms with Crippen molar-refractivity contribution in [3.05, 3.63) is 35.9 Å². The van der Waals surface area contributed by atoms with Gasteiger partial charge in [0.15, 0.2) is 0 Å². The summed E-state index contributed by atoms with van der Waals surface area (Å²) in [4.78, 5) is 36.1. The Hall–Kier alpha value is -1.95. The number of amides is 2. The van der Waals surface area contributed by atoms with Crippen molar-refractivity contribution in [3.63, 3.8) is 0 Å². The van der Waals surface area contributed by atoms with E-state index in [0.29, 0.717) is 44.0 Å². The fraction of sp³-hybridized carbons (Fsp3) is 0.500. The van der Waals surface area contributed by atoms with E-state index in [0.717, 1.165) is 6.42 Å². The van der Waals surface area contributed by atoms with E-state index in [4.69, 9.17) is 4.74 Å². The lowest BCUT2D eigenvalue weighted by atomic mass is 10.1. The fourth-order valence-corrected chi connectivity index (χ4v) is 2.64. The second-order valence-electron chi connectivity index (χ2n) is 7.00. The summed E-state index contributed by atoms with van der Waals surface area (Å²) in [6, 6.07) is 8.73. The zero-order valence-electron chi connectivity index (χ0n) is 14.8. The van der Waals surface area contributed by atoms with E-state index in [1.807, 2.05) is 6.07 Å². The highest BCUT2D eigenvalue weighted by atomic mass is 28.3. The summed E-state index contributed by atoms with van der Waals surface area (Å²) in [6.45, 7) is 6.81. The number of hydrogen-bond donors (Lipinski definition) is 0. The molecule has 0 heterocycles. The first kappa shape index (κ1) is 20.1. The molecule has 0 spiro atoms. The third-order valence-electron chi connectivity index (χ3n) is 3.35. The largest absolute Gasteiger partial charge is 0.469 e. The highest BCUT2D eigenvalue weighted by Gasteiger charge is 2.16. The number of ether oxygens (including phenoxy) is 1. The van der Waals surface area contributed by atoms with Gasteiger partial charge in [-0.15, -0.1) is 0 Å². The van der Waals surface area contributed by atoms with E-state index in [1.165, 1.54) is 4.90 Å². The highest BCUT2D eigenvalue weighted by molar-refractivity contribution is 6.76. The smallest absolute Gasteiger partial charge is 0.305 e. The maximum Gasteiger partial charge on any atom is 0.305 e. The van der Waals surface area contributed by atoms with E-state index >= 15 is 0 Å². The monoisotopic (exact) mass is 349 g/mol. The first-order valence-electron chi connectivity index (χ1n) is 8.30. The predicted octanol–water partition coefficient (Wildman–Crippen LogP) is 3.27. The van der Waals surface area contributed by atoms with E-state index in [2.05, 4.69) is 19.6 Å². The Balaban J connectivity index is 2.24. The number of carbonyl (C=O) groups excluding carboxylic acids is 3. The van der Waals surface area contributed by atoms with Gasteiger partial charge in [0.1, 0.15) is 0 Å². The molecule has 0 bridgehead atoms.